The molecule has 11 heavy (non-hydrogen) atoms. The van der Waals surface area contributed by atoms with Gasteiger partial charge in [0.05, 0.1) is 4.58 Å². The van der Waals surface area contributed by atoms with Crippen LogP contribution in [0.1, 0.15) is 6.92 Å². The minimum absolute atomic E-state index is 0.124. The Morgan fingerprint density at radius 2 is 1.64 bits per heavy atom. The molecule has 0 fully saturated rings. The molecule has 1 heterocycles. The van der Waals surface area contributed by atoms with Gasteiger partial charge in [-0.05, 0) is 0 Å². The quantitative estimate of drug-likeness (QED) is 0.620. The summed E-state index contributed by atoms with van der Waals surface area (Å²) >= 11 is 2.78. The molecular weight excluding hydrogens is 176 g/mol. The molecule has 0 unspecified atom stereocenters. The summed E-state index contributed by atoms with van der Waals surface area (Å²) in [4.78, 5) is 1.05. The highest BCUT2D eigenvalue weighted by molar-refractivity contribution is 8.24. The third kappa shape index (κ3) is 1.71. The van der Waals surface area contributed by atoms with Crippen LogP contribution in [0, 0.1) is 29.1 Å². The van der Waals surface area contributed by atoms with E-state index in [9.17, 15) is 0 Å². The molecule has 54 valence electrons. The average Bonchev–Trinajstić information content (AvgIpc) is 2.46. The second-order valence-electron chi connectivity index (χ2n) is 1.74. The van der Waals surface area contributed by atoms with E-state index in [1.807, 2.05) is 12.1 Å². The number of thioether (sulfide) groups is 2. The molecular formula is C7H4N2S2. The molecule has 0 amide bonds. The van der Waals surface area contributed by atoms with Gasteiger partial charge in [0, 0.05) is 6.42 Å². The Balaban J connectivity index is 2.76. The van der Waals surface area contributed by atoms with Gasteiger partial charge in [0.15, 0.2) is 0 Å². The van der Waals surface area contributed by atoms with Crippen molar-refractivity contribution >= 4 is 23.5 Å². The number of rotatable bonds is 1. The molecule has 2 nitrogen and oxygen atoms in total. The summed E-state index contributed by atoms with van der Waals surface area (Å²) in [6.07, 6.45) is 2.97. The van der Waals surface area contributed by atoms with Gasteiger partial charge in [0.2, 0.25) is 0 Å². The molecule has 0 bridgehead atoms. The van der Waals surface area contributed by atoms with E-state index in [2.05, 4.69) is 6.42 Å². The van der Waals surface area contributed by atoms with Crippen molar-refractivity contribution in [3.05, 3.63) is 16.2 Å². The molecule has 2 radical (unpaired) electrons. The number of nitriles is 2. The van der Waals surface area contributed by atoms with Crippen molar-refractivity contribution in [3.8, 4) is 12.1 Å². The molecule has 0 aliphatic carbocycles. The van der Waals surface area contributed by atoms with Crippen LogP contribution < -0.4 is 0 Å². The van der Waals surface area contributed by atoms with Crippen LogP contribution in [-0.4, -0.2) is 4.58 Å². The van der Waals surface area contributed by atoms with Crippen LogP contribution in [0.15, 0.2) is 9.81 Å². The summed E-state index contributed by atoms with van der Waals surface area (Å²) in [7, 11) is 0. The Kier molecular flexibility index (Phi) is 2.87. The monoisotopic (exact) mass is 180 g/mol. The summed E-state index contributed by atoms with van der Waals surface area (Å²) < 4.78 is 0.124. The summed E-state index contributed by atoms with van der Waals surface area (Å²) in [5, 5.41) is 17.1. The number of allylic oxidation sites excluding steroid dienone is 2. The van der Waals surface area contributed by atoms with Crippen LogP contribution in [0.4, 0.5) is 0 Å². The largest absolute Gasteiger partial charge is 0.192 e. The highest BCUT2D eigenvalue weighted by Gasteiger charge is 2.24. The molecule has 1 rings (SSSR count). The minimum Gasteiger partial charge on any atom is -0.192 e. The molecule has 1 aliphatic heterocycles. The Bertz CT molecular complexity index is 243. The van der Waals surface area contributed by atoms with Gasteiger partial charge in [0.25, 0.3) is 0 Å². The van der Waals surface area contributed by atoms with Crippen molar-refractivity contribution in [2.24, 2.45) is 0 Å². The molecule has 0 aromatic rings. The van der Waals surface area contributed by atoms with Crippen molar-refractivity contribution in [1.29, 1.82) is 10.5 Å². The van der Waals surface area contributed by atoms with Crippen molar-refractivity contribution in [3.63, 3.8) is 0 Å². The van der Waals surface area contributed by atoms with Crippen LogP contribution in [0.3, 0.4) is 0 Å². The first kappa shape index (κ1) is 8.52. The first-order valence-electron chi connectivity index (χ1n) is 2.87. The van der Waals surface area contributed by atoms with Gasteiger partial charge in [-0.15, -0.1) is 0 Å². The number of hydrogen-bond acceptors (Lipinski definition) is 4. The first-order chi connectivity index (χ1) is 5.31. The van der Waals surface area contributed by atoms with E-state index in [0.717, 1.165) is 0 Å². The maximum atomic E-state index is 8.56. The Hall–Kier alpha value is -0.580. The predicted molar refractivity (Wildman–Crippen MR) is 46.1 cm³/mol. The Morgan fingerprint density at radius 1 is 1.18 bits per heavy atom. The van der Waals surface area contributed by atoms with Crippen LogP contribution in [-0.2, 0) is 0 Å². The standard InChI is InChI=1S/C7H4N2S2/c1-2-7-10-5(3-8)6(4-9)11-7/h7H,1H3. The molecule has 0 aromatic heterocycles. The van der Waals surface area contributed by atoms with Crippen LogP contribution >= 0.6 is 23.5 Å². The van der Waals surface area contributed by atoms with Gasteiger partial charge in [-0.1, -0.05) is 30.4 Å². The van der Waals surface area contributed by atoms with E-state index >= 15 is 0 Å². The number of hydrogen-bond donors (Lipinski definition) is 0. The number of nitrogens with zero attached hydrogens (tertiary/aromatic N) is 2. The summed E-state index contributed by atoms with van der Waals surface area (Å²) in [5.74, 6) is 0. The molecule has 0 aromatic carbocycles. The zero-order valence-corrected chi connectivity index (χ0v) is 7.42. The topological polar surface area (TPSA) is 47.6 Å². The van der Waals surface area contributed by atoms with Crippen molar-refractivity contribution in [2.45, 2.75) is 11.5 Å². The van der Waals surface area contributed by atoms with Crippen LogP contribution in [0.2, 0.25) is 0 Å². The second-order valence-corrected chi connectivity index (χ2v) is 4.27. The lowest BCUT2D eigenvalue weighted by molar-refractivity contribution is 1.37. The van der Waals surface area contributed by atoms with Gasteiger partial charge < -0.3 is 0 Å². The van der Waals surface area contributed by atoms with Crippen molar-refractivity contribution in [2.75, 3.05) is 0 Å². The summed E-state index contributed by atoms with van der Waals surface area (Å²) in [6, 6.07) is 3.98. The van der Waals surface area contributed by atoms with Gasteiger partial charge in [0.1, 0.15) is 21.9 Å². The molecule has 0 saturated heterocycles. The first-order valence-corrected chi connectivity index (χ1v) is 4.62. The smallest absolute Gasteiger partial charge is 0.110 e. The lowest BCUT2D eigenvalue weighted by Crippen LogP contribution is -1.87. The van der Waals surface area contributed by atoms with E-state index in [1.54, 1.807) is 6.92 Å². The minimum atomic E-state index is 0.124. The van der Waals surface area contributed by atoms with E-state index in [1.165, 1.54) is 23.5 Å². The normalized spacial score (nSPS) is 18.1. The predicted octanol–water partition coefficient (Wildman–Crippen LogP) is 2.15. The lowest BCUT2D eigenvalue weighted by atomic mass is 10.5. The van der Waals surface area contributed by atoms with E-state index in [-0.39, 0.29) is 4.58 Å². The Morgan fingerprint density at radius 3 is 1.91 bits per heavy atom. The molecule has 0 N–H and O–H groups in total. The van der Waals surface area contributed by atoms with Crippen LogP contribution in [0.5, 0.6) is 0 Å². The third-order valence-corrected chi connectivity index (χ3v) is 3.76. The summed E-state index contributed by atoms with van der Waals surface area (Å²) in [6.45, 7) is 1.81. The van der Waals surface area contributed by atoms with Crippen LogP contribution in [0.25, 0.3) is 0 Å². The summed E-state index contributed by atoms with van der Waals surface area (Å²) in [5.41, 5.74) is 0. The fourth-order valence-electron chi connectivity index (χ4n) is 0.617. The van der Waals surface area contributed by atoms with Gasteiger partial charge in [-0.25, -0.2) is 0 Å². The van der Waals surface area contributed by atoms with Crippen molar-refractivity contribution < 1.29 is 0 Å². The zero-order chi connectivity index (χ0) is 8.27. The van der Waals surface area contributed by atoms with Gasteiger partial charge in [-0.3, -0.25) is 0 Å². The highest BCUT2D eigenvalue weighted by Crippen LogP contribution is 2.45. The average molecular weight is 180 g/mol. The Labute approximate surface area is 74.3 Å². The maximum Gasteiger partial charge on any atom is 0.110 e. The van der Waals surface area contributed by atoms with E-state index in [0.29, 0.717) is 9.81 Å². The molecule has 1 aliphatic rings. The molecule has 0 spiro atoms. The van der Waals surface area contributed by atoms with E-state index < -0.39 is 0 Å². The zero-order valence-electron chi connectivity index (χ0n) is 5.79. The second kappa shape index (κ2) is 3.71. The fraction of sp³-hybridized carbons (Fsp3) is 0.286. The SMILES string of the molecule is C[C]C1SC(C#N)=C(C#N)S1. The lowest BCUT2D eigenvalue weighted by Gasteiger charge is -1.99. The van der Waals surface area contributed by atoms with Gasteiger partial charge >= 0.3 is 0 Å². The maximum absolute atomic E-state index is 8.56. The third-order valence-electron chi connectivity index (χ3n) is 1.09. The van der Waals surface area contributed by atoms with Crippen molar-refractivity contribution in [1.82, 2.24) is 0 Å². The van der Waals surface area contributed by atoms with E-state index in [4.69, 9.17) is 10.5 Å². The molecule has 0 atom stereocenters. The molecule has 0 saturated carbocycles. The highest BCUT2D eigenvalue weighted by atomic mass is 32.2. The van der Waals surface area contributed by atoms with Gasteiger partial charge in [-0.2, -0.15) is 10.5 Å². The molecule has 4 heteroatoms. The fourth-order valence-corrected chi connectivity index (χ4v) is 2.75.